The summed E-state index contributed by atoms with van der Waals surface area (Å²) in [4.78, 5) is 26.8. The van der Waals surface area contributed by atoms with Gasteiger partial charge < -0.3 is 4.74 Å². The zero-order valence-electron chi connectivity index (χ0n) is 9.51. The van der Waals surface area contributed by atoms with Crippen LogP contribution in [0.4, 0.5) is 0 Å². The van der Waals surface area contributed by atoms with Crippen molar-refractivity contribution in [1.29, 1.82) is 0 Å². The monoisotopic (exact) mass is 233 g/mol. The molecule has 0 bridgehead atoms. The van der Waals surface area contributed by atoms with E-state index in [-0.39, 0.29) is 18.1 Å². The normalized spacial score (nSPS) is 10.5. The van der Waals surface area contributed by atoms with Crippen molar-refractivity contribution in [2.24, 2.45) is 0 Å². The summed E-state index contributed by atoms with van der Waals surface area (Å²) < 4.78 is 6.18. The third kappa shape index (κ3) is 2.01. The number of Topliss-reactive ketones (excluding diaryl/α,β-unsaturated/α-hetero) is 1. The highest BCUT2D eigenvalue weighted by molar-refractivity contribution is 5.93. The fourth-order valence-corrected chi connectivity index (χ4v) is 1.43. The van der Waals surface area contributed by atoms with Crippen molar-refractivity contribution >= 4 is 17.4 Å². The number of ketones is 1. The predicted octanol–water partition coefficient (Wildman–Crippen LogP) is 1.11. The molecule has 0 fully saturated rings. The second-order valence-corrected chi connectivity index (χ2v) is 3.41. The van der Waals surface area contributed by atoms with E-state index in [0.717, 1.165) is 0 Å². The molecule has 17 heavy (non-hydrogen) atoms. The Bertz CT molecular complexity index is 589. The first-order valence-corrected chi connectivity index (χ1v) is 5.16. The molecule has 0 spiro atoms. The number of carbonyl (C=O) groups is 2. The molecule has 0 atom stereocenters. The number of ether oxygens (including phenoxy) is 1. The molecule has 2 rings (SSSR count). The lowest BCUT2D eigenvalue weighted by Crippen LogP contribution is -2.11. The summed E-state index contributed by atoms with van der Waals surface area (Å²) in [6, 6.07) is 3.13. The van der Waals surface area contributed by atoms with Gasteiger partial charge in [0, 0.05) is 6.92 Å². The summed E-state index contributed by atoms with van der Waals surface area (Å²) >= 11 is 0. The van der Waals surface area contributed by atoms with E-state index in [1.807, 2.05) is 0 Å². The van der Waals surface area contributed by atoms with Gasteiger partial charge >= 0.3 is 5.97 Å². The van der Waals surface area contributed by atoms with Gasteiger partial charge in [0.25, 0.3) is 0 Å². The minimum atomic E-state index is -0.516. The van der Waals surface area contributed by atoms with Crippen LogP contribution in [0, 0.1) is 0 Å². The second-order valence-electron chi connectivity index (χ2n) is 3.41. The molecule has 0 aromatic carbocycles. The van der Waals surface area contributed by atoms with Crippen molar-refractivity contribution in [3.05, 3.63) is 29.7 Å². The van der Waals surface area contributed by atoms with Gasteiger partial charge in [0.2, 0.25) is 0 Å². The van der Waals surface area contributed by atoms with Crippen molar-refractivity contribution < 1.29 is 14.3 Å². The van der Waals surface area contributed by atoms with E-state index in [9.17, 15) is 9.59 Å². The Morgan fingerprint density at radius 3 is 2.82 bits per heavy atom. The van der Waals surface area contributed by atoms with Crippen LogP contribution in [0.5, 0.6) is 0 Å². The maximum Gasteiger partial charge on any atom is 0.358 e. The highest BCUT2D eigenvalue weighted by atomic mass is 16.5. The molecule has 0 amide bonds. The van der Waals surface area contributed by atoms with Crippen LogP contribution in [0.15, 0.2) is 18.3 Å². The summed E-state index contributed by atoms with van der Waals surface area (Å²) in [5.41, 5.74) is 1.01. The molecular formula is C11H11N3O3. The van der Waals surface area contributed by atoms with E-state index in [0.29, 0.717) is 11.3 Å². The molecule has 6 heteroatoms. The molecule has 0 unspecified atom stereocenters. The number of imidazole rings is 1. The molecule has 0 N–H and O–H groups in total. The number of rotatable bonds is 3. The first-order chi connectivity index (χ1) is 8.13. The van der Waals surface area contributed by atoms with Crippen molar-refractivity contribution in [2.75, 3.05) is 6.61 Å². The Hall–Kier alpha value is -2.24. The van der Waals surface area contributed by atoms with Gasteiger partial charge in [-0.3, -0.25) is 4.79 Å². The van der Waals surface area contributed by atoms with E-state index >= 15 is 0 Å². The average molecular weight is 233 g/mol. The third-order valence-corrected chi connectivity index (χ3v) is 2.21. The van der Waals surface area contributed by atoms with E-state index in [2.05, 4.69) is 10.1 Å². The molecule has 2 heterocycles. The Kier molecular flexibility index (Phi) is 2.86. The Labute approximate surface area is 97.2 Å². The van der Waals surface area contributed by atoms with E-state index in [4.69, 9.17) is 4.74 Å². The zero-order valence-corrected chi connectivity index (χ0v) is 9.51. The standard InChI is InChI=1S/C11H11N3O3/c1-3-17-11(16)8-4-5-10-12-6-9(7(2)15)14(10)13-8/h4-6H,3H2,1-2H3. The molecule has 0 aliphatic carbocycles. The van der Waals surface area contributed by atoms with Crippen LogP contribution >= 0.6 is 0 Å². The highest BCUT2D eigenvalue weighted by Crippen LogP contribution is 2.07. The van der Waals surface area contributed by atoms with Crippen molar-refractivity contribution in [3.63, 3.8) is 0 Å². The number of nitrogens with zero attached hydrogens (tertiary/aromatic N) is 3. The van der Waals surface area contributed by atoms with E-state index in [1.165, 1.54) is 23.7 Å². The topological polar surface area (TPSA) is 73.6 Å². The Morgan fingerprint density at radius 1 is 1.41 bits per heavy atom. The molecule has 0 saturated carbocycles. The minimum Gasteiger partial charge on any atom is -0.461 e. The molecule has 0 aliphatic rings. The molecule has 88 valence electrons. The molecule has 6 nitrogen and oxygen atoms in total. The average Bonchev–Trinajstić information content (AvgIpc) is 2.71. The summed E-state index contributed by atoms with van der Waals surface area (Å²) in [7, 11) is 0. The van der Waals surface area contributed by atoms with Gasteiger partial charge in [0.1, 0.15) is 5.69 Å². The smallest absolute Gasteiger partial charge is 0.358 e. The van der Waals surface area contributed by atoms with Gasteiger partial charge in [-0.15, -0.1) is 0 Å². The quantitative estimate of drug-likeness (QED) is 0.586. The Morgan fingerprint density at radius 2 is 2.18 bits per heavy atom. The van der Waals surface area contributed by atoms with Crippen LogP contribution < -0.4 is 0 Å². The van der Waals surface area contributed by atoms with Gasteiger partial charge in [-0.05, 0) is 19.1 Å². The van der Waals surface area contributed by atoms with Gasteiger partial charge in [-0.1, -0.05) is 0 Å². The number of hydrogen-bond donors (Lipinski definition) is 0. The van der Waals surface area contributed by atoms with E-state index < -0.39 is 5.97 Å². The lowest BCUT2D eigenvalue weighted by Gasteiger charge is -2.02. The van der Waals surface area contributed by atoms with E-state index in [1.54, 1.807) is 13.0 Å². The predicted molar refractivity (Wildman–Crippen MR) is 58.9 cm³/mol. The number of carbonyl (C=O) groups excluding carboxylic acids is 2. The van der Waals surface area contributed by atoms with Crippen LogP contribution in [0.1, 0.15) is 34.8 Å². The first kappa shape index (κ1) is 11.3. The van der Waals surface area contributed by atoms with Gasteiger partial charge in [-0.25, -0.2) is 14.3 Å². The third-order valence-electron chi connectivity index (χ3n) is 2.21. The maximum absolute atomic E-state index is 11.5. The number of hydrogen-bond acceptors (Lipinski definition) is 5. The maximum atomic E-state index is 11.5. The molecule has 2 aromatic rings. The number of aromatic nitrogens is 3. The number of esters is 1. The molecule has 0 aliphatic heterocycles. The van der Waals surface area contributed by atoms with Crippen LogP contribution in [0.3, 0.4) is 0 Å². The van der Waals surface area contributed by atoms with Crippen molar-refractivity contribution in [3.8, 4) is 0 Å². The lowest BCUT2D eigenvalue weighted by atomic mass is 10.3. The molecular weight excluding hydrogens is 222 g/mol. The fourth-order valence-electron chi connectivity index (χ4n) is 1.43. The largest absolute Gasteiger partial charge is 0.461 e. The van der Waals surface area contributed by atoms with Crippen LogP contribution in [-0.2, 0) is 4.74 Å². The fraction of sp³-hybridized carbons (Fsp3) is 0.273. The second kappa shape index (κ2) is 4.32. The van der Waals surface area contributed by atoms with Crippen molar-refractivity contribution in [1.82, 2.24) is 14.6 Å². The van der Waals surface area contributed by atoms with Gasteiger partial charge in [-0.2, -0.15) is 5.10 Å². The zero-order chi connectivity index (χ0) is 12.4. The summed E-state index contributed by atoms with van der Waals surface area (Å²) in [5, 5.41) is 4.03. The minimum absolute atomic E-state index is 0.153. The van der Waals surface area contributed by atoms with Crippen LogP contribution in [0.2, 0.25) is 0 Å². The first-order valence-electron chi connectivity index (χ1n) is 5.16. The van der Waals surface area contributed by atoms with Crippen LogP contribution in [-0.4, -0.2) is 33.0 Å². The summed E-state index contributed by atoms with van der Waals surface area (Å²) in [6.45, 7) is 3.42. The summed E-state index contributed by atoms with van der Waals surface area (Å²) in [5.74, 6) is -0.677. The molecule has 0 saturated heterocycles. The van der Waals surface area contributed by atoms with Gasteiger partial charge in [0.15, 0.2) is 17.1 Å². The summed E-state index contributed by atoms with van der Waals surface area (Å²) in [6.07, 6.45) is 1.43. The van der Waals surface area contributed by atoms with Crippen molar-refractivity contribution in [2.45, 2.75) is 13.8 Å². The van der Waals surface area contributed by atoms with Crippen LogP contribution in [0.25, 0.3) is 5.65 Å². The highest BCUT2D eigenvalue weighted by Gasteiger charge is 2.13. The molecule has 2 aromatic heterocycles. The lowest BCUT2D eigenvalue weighted by molar-refractivity contribution is 0.0517. The Balaban J connectivity index is 2.51. The SMILES string of the molecule is CCOC(=O)c1ccc2ncc(C(C)=O)n2n1. The van der Waals surface area contributed by atoms with Gasteiger partial charge in [0.05, 0.1) is 12.8 Å². The molecule has 0 radical (unpaired) electrons. The number of fused-ring (bicyclic) bond motifs is 1.